The van der Waals surface area contributed by atoms with Gasteiger partial charge >= 0.3 is 11.9 Å². The van der Waals surface area contributed by atoms with E-state index in [4.69, 9.17) is 49.4 Å². The van der Waals surface area contributed by atoms with Crippen molar-refractivity contribution >= 4 is 46.6 Å². The fourth-order valence-corrected chi connectivity index (χ4v) is 12.1. The quantitative estimate of drug-likeness (QED) is 0.0495. The van der Waals surface area contributed by atoms with Gasteiger partial charge in [0, 0.05) is 59.1 Å². The first-order valence-corrected chi connectivity index (χ1v) is 28.0. The Labute approximate surface area is 508 Å². The predicted octanol–water partition coefficient (Wildman–Crippen LogP) is -0.238. The third kappa shape index (κ3) is 11.1. The van der Waals surface area contributed by atoms with Crippen LogP contribution in [-0.2, 0) is 60.4 Å². The van der Waals surface area contributed by atoms with Gasteiger partial charge in [0.05, 0.1) is 72.0 Å². The van der Waals surface area contributed by atoms with Gasteiger partial charge in [0.2, 0.25) is 11.6 Å². The number of hydrogen-bond donors (Lipinski definition) is 12. The van der Waals surface area contributed by atoms with Gasteiger partial charge in [0.25, 0.3) is 0 Å². The number of phenols is 4. The molecule has 6 aliphatic rings. The zero-order valence-corrected chi connectivity index (χ0v) is 48.7. The number of carbonyl (C=O) groups excluding carboxylic acids is 8. The maximum absolute atomic E-state index is 15.8. The summed E-state index contributed by atoms with van der Waals surface area (Å²) in [7, 11) is 2.54. The number of fused-ring (bicyclic) bond motifs is 6. The Balaban J connectivity index is 0.000000213. The topological polar surface area (TPSA) is 465 Å². The molecule has 4 aromatic carbocycles. The molecule has 0 saturated carbocycles. The number of Topliss-reactive ketones (excluding diaryl/α,β-unsaturated/α-hetero) is 2. The van der Waals surface area contributed by atoms with Crippen molar-refractivity contribution in [1.82, 2.24) is 0 Å². The van der Waals surface area contributed by atoms with Crippen LogP contribution < -0.4 is 20.9 Å². The van der Waals surface area contributed by atoms with Gasteiger partial charge in [-0.2, -0.15) is 0 Å². The lowest BCUT2D eigenvalue weighted by molar-refractivity contribution is -0.297. The molecule has 0 radical (unpaired) electrons. The summed E-state index contributed by atoms with van der Waals surface area (Å²) in [5.74, 6) is -11.1. The van der Waals surface area contributed by atoms with Crippen LogP contribution >= 0.6 is 0 Å². The number of aliphatic hydroxyl groups is 6. The number of hydrogen-bond acceptors (Lipinski definition) is 28. The van der Waals surface area contributed by atoms with Crippen LogP contribution in [0.4, 0.5) is 8.78 Å². The van der Waals surface area contributed by atoms with Gasteiger partial charge in [0.15, 0.2) is 60.3 Å². The summed E-state index contributed by atoms with van der Waals surface area (Å²) in [5, 5.41) is 109. The molecule has 10 rings (SSSR count). The molecule has 30 heteroatoms. The van der Waals surface area contributed by atoms with E-state index in [1.165, 1.54) is 78.3 Å². The summed E-state index contributed by atoms with van der Waals surface area (Å²) in [4.78, 5) is 104. The minimum absolute atomic E-state index is 0.0136. The van der Waals surface area contributed by atoms with Crippen molar-refractivity contribution in [1.29, 1.82) is 0 Å². The first-order valence-electron chi connectivity index (χ1n) is 28.0. The summed E-state index contributed by atoms with van der Waals surface area (Å²) in [5.41, 5.74) is 1.55. The van der Waals surface area contributed by atoms with E-state index in [1.54, 1.807) is 0 Å². The third-order valence-electron chi connectivity index (χ3n) is 16.8. The summed E-state index contributed by atoms with van der Waals surface area (Å²) < 4.78 is 74.7. The highest BCUT2D eigenvalue weighted by Gasteiger charge is 2.56. The molecule has 2 saturated heterocycles. The number of carbonyl (C=O) groups is 8. The molecule has 2 aliphatic heterocycles. The van der Waals surface area contributed by atoms with Crippen molar-refractivity contribution in [2.24, 2.45) is 11.5 Å². The molecule has 14 N–H and O–H groups in total. The molecule has 0 amide bonds. The number of nitrogens with two attached hydrogens (primary N) is 2. The van der Waals surface area contributed by atoms with E-state index in [9.17, 15) is 89.4 Å². The van der Waals surface area contributed by atoms with E-state index in [0.29, 0.717) is 0 Å². The second kappa shape index (κ2) is 25.0. The van der Waals surface area contributed by atoms with Crippen molar-refractivity contribution in [3.05, 3.63) is 103 Å². The monoisotopic (exact) mass is 1270 g/mol. The summed E-state index contributed by atoms with van der Waals surface area (Å²) in [6.45, 7) is 2.99. The lowest BCUT2D eigenvalue weighted by Crippen LogP contribution is -2.58. The van der Waals surface area contributed by atoms with Crippen LogP contribution in [-0.4, -0.2) is 210 Å². The van der Waals surface area contributed by atoms with Crippen LogP contribution in [0.1, 0.15) is 139 Å². The van der Waals surface area contributed by atoms with Crippen LogP contribution in [0.2, 0.25) is 0 Å². The van der Waals surface area contributed by atoms with Gasteiger partial charge in [-0.15, -0.1) is 0 Å². The first kappa shape index (κ1) is 66.4. The molecule has 2 fully saturated rings. The number of phenolic OH excluding ortho intramolecular Hbond substituents is 4. The minimum Gasteiger partial charge on any atom is -0.507 e. The van der Waals surface area contributed by atoms with Crippen molar-refractivity contribution in [3.8, 4) is 34.5 Å². The molecule has 4 aromatic rings. The number of aromatic hydroxyl groups is 4. The number of methoxy groups -OCH3 is 2. The van der Waals surface area contributed by atoms with Gasteiger partial charge in [-0.1, -0.05) is 24.3 Å². The summed E-state index contributed by atoms with van der Waals surface area (Å²) >= 11 is 0. The Morgan fingerprint density at radius 3 is 1.34 bits per heavy atom. The van der Waals surface area contributed by atoms with Crippen molar-refractivity contribution < 1.29 is 136 Å². The van der Waals surface area contributed by atoms with Crippen molar-refractivity contribution in [3.63, 3.8) is 0 Å². The molecule has 4 aliphatic carbocycles. The van der Waals surface area contributed by atoms with E-state index in [-0.39, 0.29) is 56.0 Å². The van der Waals surface area contributed by atoms with Crippen LogP contribution in [0.5, 0.6) is 34.5 Å². The fraction of sp³-hybridized carbons (Fsp3) is 0.467. The zero-order chi connectivity index (χ0) is 66.2. The maximum atomic E-state index is 15.8. The van der Waals surface area contributed by atoms with E-state index in [2.05, 4.69) is 0 Å². The lowest BCUT2D eigenvalue weighted by atomic mass is 9.72. The average molecular weight is 1270 g/mol. The van der Waals surface area contributed by atoms with Gasteiger partial charge in [0.1, 0.15) is 83.2 Å². The zero-order valence-electron chi connectivity index (χ0n) is 48.7. The predicted molar refractivity (Wildman–Crippen MR) is 295 cm³/mol. The number of rotatable bonds is 14. The van der Waals surface area contributed by atoms with Gasteiger partial charge in [-0.25, -0.2) is 8.78 Å². The van der Waals surface area contributed by atoms with Crippen LogP contribution in [0.15, 0.2) is 36.4 Å². The number of ketones is 6. The average Bonchev–Trinajstić information content (AvgIpc) is 0.719. The Morgan fingerprint density at radius 1 is 0.578 bits per heavy atom. The molecule has 90 heavy (non-hydrogen) atoms. The molecule has 0 unspecified atom stereocenters. The number of alkyl halides is 2. The molecule has 484 valence electrons. The van der Waals surface area contributed by atoms with E-state index < -0.39 is 228 Å². The normalized spacial score (nSPS) is 29.7. The molecule has 2 heterocycles. The second-order valence-corrected chi connectivity index (χ2v) is 22.7. The molecular weight excluding hydrogens is 1200 g/mol. The van der Waals surface area contributed by atoms with Crippen LogP contribution in [0, 0.1) is 0 Å². The molecule has 0 aromatic heterocycles. The Hall–Kier alpha value is -7.98. The van der Waals surface area contributed by atoms with Crippen LogP contribution in [0.25, 0.3) is 0 Å². The SMILES string of the molecule is COc1cccc2c1C(=O)c1c(O)c3c(c(O)c1C2=O)C[C@@](O)(C(=O)CO)C[C@@H]3O[C@@H]1O[C@@H](C)[C@@H](O)[C@@H](OC(=O)[C@H](C)N)[C@H]1F.COc1cccc2c1C(=O)c1c(O)c3c(c(O)c1C2=O)C[C@@](O)(C(=O)CO)C[C@@H]3O[C@@H]1O[C@@H](C)[C@@H](OC(=O)[C@H](C)N)[C@@H](O)[C@H]1F. The lowest BCUT2D eigenvalue weighted by Gasteiger charge is -2.43. The highest BCUT2D eigenvalue weighted by molar-refractivity contribution is 6.32. The number of benzene rings is 4. The number of aliphatic hydroxyl groups excluding tert-OH is 4. The minimum atomic E-state index is -2.46. The highest BCUT2D eigenvalue weighted by Crippen LogP contribution is 2.55. The standard InChI is InChI=1S/2C30H32FNO13/c1-10(32)28(40)45-27-11(2)43-29(21(31)26(27)39)44-15-8-30(41,16(34)9-33)7-13-18(15)25(38)20-19(23(13)36)22(35)12-5-4-6-14(42-3)17(12)24(20)37;1-10(32)28(40)45-27-21(31)29(43-11(2)22(27)35)44-15-8-30(41,16(34)9-33)7-13-18(15)26(39)20-19(24(13)37)23(36)12-5-4-6-14(42-3)17(12)25(20)38/h4-6,10-11,15,21,26-27,29,33,36,38-39,41H,7-9,32H2,1-3H3;4-6,10-11,15,21-22,27,29,33,35,37,39,41H,7-9,32H2,1-3H3/t10-,11-,15-,21+,26-,27+,29-,30-;10-,11-,15-,21+,22+,27-,29-,30-/m00/s1. The Morgan fingerprint density at radius 2 is 0.956 bits per heavy atom. The summed E-state index contributed by atoms with van der Waals surface area (Å²) in [6.07, 6.45) is -24.4. The number of halogens is 2. The molecular formula is C60H64F2N2O26. The largest absolute Gasteiger partial charge is 0.507 e. The molecule has 28 nitrogen and oxygen atoms in total. The van der Waals surface area contributed by atoms with E-state index in [0.717, 1.165) is 0 Å². The summed E-state index contributed by atoms with van der Waals surface area (Å²) in [6, 6.07) is 6.12. The number of ether oxygens (including phenoxy) is 8. The maximum Gasteiger partial charge on any atom is 0.323 e. The van der Waals surface area contributed by atoms with Gasteiger partial charge in [-0.05, 0) is 39.8 Å². The highest BCUT2D eigenvalue weighted by atomic mass is 19.1. The Bertz CT molecular complexity index is 3650. The van der Waals surface area contributed by atoms with E-state index in [1.807, 2.05) is 0 Å². The fourth-order valence-electron chi connectivity index (χ4n) is 12.1. The number of esters is 2. The van der Waals surface area contributed by atoms with Crippen molar-refractivity contribution in [2.45, 2.75) is 150 Å². The molecule has 0 spiro atoms. The van der Waals surface area contributed by atoms with Gasteiger partial charge < -0.3 is 100 Å². The molecule has 16 atom stereocenters. The van der Waals surface area contributed by atoms with Gasteiger partial charge in [-0.3, -0.25) is 38.4 Å². The van der Waals surface area contributed by atoms with Crippen LogP contribution in [0.3, 0.4) is 0 Å². The third-order valence-corrected chi connectivity index (χ3v) is 16.8. The first-order chi connectivity index (χ1) is 42.3. The Kier molecular flexibility index (Phi) is 18.5. The smallest absolute Gasteiger partial charge is 0.323 e. The molecule has 0 bridgehead atoms. The van der Waals surface area contributed by atoms with Crippen molar-refractivity contribution in [2.75, 3.05) is 27.4 Å². The second-order valence-electron chi connectivity index (χ2n) is 22.7. The van der Waals surface area contributed by atoms with E-state index >= 15 is 8.78 Å².